The van der Waals surface area contributed by atoms with Gasteiger partial charge in [0, 0.05) is 66.6 Å². The van der Waals surface area contributed by atoms with Crippen molar-refractivity contribution in [2.75, 3.05) is 110 Å². The summed E-state index contributed by atoms with van der Waals surface area (Å²) < 4.78 is 50.6. The van der Waals surface area contributed by atoms with Crippen LogP contribution in [0, 0.1) is 0 Å². The molecule has 0 saturated heterocycles. The van der Waals surface area contributed by atoms with Gasteiger partial charge in [-0.2, -0.15) is 0 Å². The Morgan fingerprint density at radius 1 is 0.745 bits per heavy atom. The minimum Gasteiger partial charge on any atom is -0.378 e. The van der Waals surface area contributed by atoms with E-state index in [1.165, 1.54) is 0 Å². The SMILES string of the molecule is CNCCOCCOCCNC(=O)Nc1ccc(NC(=O)NCCOCCOCCNS(=O)(=O)c2cccc([C@@H]3CN(C)Cc4c(Cl)cc(Cl)cc43)c2)cc1. The molecule has 3 aromatic rings. The lowest BCUT2D eigenvalue weighted by Gasteiger charge is -2.33. The van der Waals surface area contributed by atoms with Crippen molar-refractivity contribution in [2.45, 2.75) is 17.4 Å². The van der Waals surface area contributed by atoms with Crippen LogP contribution in [-0.4, -0.2) is 125 Å². The molecular weight excluding hydrogens is 773 g/mol. The van der Waals surface area contributed by atoms with E-state index < -0.39 is 16.1 Å². The summed E-state index contributed by atoms with van der Waals surface area (Å²) in [5.74, 6) is -0.0855. The molecule has 1 aliphatic heterocycles. The van der Waals surface area contributed by atoms with Crippen LogP contribution in [0.1, 0.15) is 22.6 Å². The molecule has 0 bridgehead atoms. The molecule has 0 fully saturated rings. The van der Waals surface area contributed by atoms with E-state index in [1.807, 2.05) is 26.2 Å². The molecule has 0 unspecified atom stereocenters. The lowest BCUT2D eigenvalue weighted by atomic mass is 9.85. The maximum atomic E-state index is 13.1. The van der Waals surface area contributed by atoms with Gasteiger partial charge in [0.2, 0.25) is 10.0 Å². The highest BCUT2D eigenvalue weighted by Crippen LogP contribution is 2.38. The zero-order valence-corrected chi connectivity index (χ0v) is 33.5. The van der Waals surface area contributed by atoms with E-state index in [1.54, 1.807) is 48.5 Å². The summed E-state index contributed by atoms with van der Waals surface area (Å²) in [5, 5.41) is 15.0. The summed E-state index contributed by atoms with van der Waals surface area (Å²) >= 11 is 12.8. The molecule has 55 heavy (non-hydrogen) atoms. The number of nitrogens with zero attached hydrogens (tertiary/aromatic N) is 1. The fourth-order valence-electron chi connectivity index (χ4n) is 5.64. The zero-order chi connectivity index (χ0) is 39.5. The first-order valence-electron chi connectivity index (χ1n) is 18.0. The molecular formula is C37H51Cl2N7O8S. The number of amides is 4. The number of nitrogens with one attached hydrogen (secondary N) is 6. The number of hydrogen-bond donors (Lipinski definition) is 6. The van der Waals surface area contributed by atoms with Crippen molar-refractivity contribution in [1.82, 2.24) is 25.6 Å². The van der Waals surface area contributed by atoms with E-state index in [4.69, 9.17) is 42.1 Å². The number of hydrogen-bond acceptors (Lipinski definition) is 10. The van der Waals surface area contributed by atoms with Gasteiger partial charge in [-0.15, -0.1) is 0 Å². The number of ether oxygens (including phenoxy) is 4. The summed E-state index contributed by atoms with van der Waals surface area (Å²) in [4.78, 5) is 26.6. The molecule has 0 aromatic heterocycles. The molecule has 0 saturated carbocycles. The molecule has 0 radical (unpaired) electrons. The van der Waals surface area contributed by atoms with E-state index in [0.717, 1.165) is 23.2 Å². The number of likely N-dealkylation sites (N-methyl/N-ethyl adjacent to an activating group) is 2. The normalized spacial score (nSPS) is 14.3. The van der Waals surface area contributed by atoms with Crippen LogP contribution >= 0.6 is 23.2 Å². The van der Waals surface area contributed by atoms with E-state index in [9.17, 15) is 18.0 Å². The van der Waals surface area contributed by atoms with Crippen LogP contribution in [0.25, 0.3) is 0 Å². The quantitative estimate of drug-likeness (QED) is 0.0764. The smallest absolute Gasteiger partial charge is 0.319 e. The number of rotatable bonds is 23. The highest BCUT2D eigenvalue weighted by molar-refractivity contribution is 7.89. The van der Waals surface area contributed by atoms with E-state index >= 15 is 0 Å². The third kappa shape index (κ3) is 15.5. The average molecular weight is 825 g/mol. The molecule has 1 heterocycles. The molecule has 4 amide bonds. The van der Waals surface area contributed by atoms with Gasteiger partial charge < -0.3 is 50.4 Å². The van der Waals surface area contributed by atoms with Gasteiger partial charge in [-0.05, 0) is 79.3 Å². The van der Waals surface area contributed by atoms with Crippen molar-refractivity contribution in [2.24, 2.45) is 0 Å². The van der Waals surface area contributed by atoms with Gasteiger partial charge in [-0.3, -0.25) is 0 Å². The van der Waals surface area contributed by atoms with Crippen molar-refractivity contribution < 1.29 is 37.0 Å². The first kappa shape index (κ1) is 44.2. The molecule has 15 nitrogen and oxygen atoms in total. The van der Waals surface area contributed by atoms with Crippen molar-refractivity contribution in [3.8, 4) is 0 Å². The number of carbonyl (C=O) groups excluding carboxylic acids is 2. The van der Waals surface area contributed by atoms with Gasteiger partial charge in [0.05, 0.1) is 57.8 Å². The molecule has 4 rings (SSSR count). The Morgan fingerprint density at radius 3 is 1.85 bits per heavy atom. The van der Waals surface area contributed by atoms with E-state index in [-0.39, 0.29) is 56.4 Å². The number of fused-ring (bicyclic) bond motifs is 1. The summed E-state index contributed by atoms with van der Waals surface area (Å²) in [7, 11) is 0.0809. The predicted molar refractivity (Wildman–Crippen MR) is 214 cm³/mol. The van der Waals surface area contributed by atoms with Gasteiger partial charge in [0.1, 0.15) is 0 Å². The van der Waals surface area contributed by atoms with Crippen LogP contribution < -0.4 is 31.3 Å². The second-order valence-corrected chi connectivity index (χ2v) is 15.2. The monoisotopic (exact) mass is 823 g/mol. The number of urea groups is 2. The second-order valence-electron chi connectivity index (χ2n) is 12.6. The van der Waals surface area contributed by atoms with Gasteiger partial charge in [0.15, 0.2) is 0 Å². The molecule has 6 N–H and O–H groups in total. The number of benzene rings is 3. The van der Waals surface area contributed by atoms with Gasteiger partial charge in [-0.1, -0.05) is 35.3 Å². The van der Waals surface area contributed by atoms with Crippen molar-refractivity contribution in [1.29, 1.82) is 0 Å². The number of carbonyl (C=O) groups is 2. The summed E-state index contributed by atoms with van der Waals surface area (Å²) in [6.45, 7) is 5.74. The predicted octanol–water partition coefficient (Wildman–Crippen LogP) is 4.08. The molecule has 0 spiro atoms. The third-order valence-electron chi connectivity index (χ3n) is 8.31. The minimum atomic E-state index is -3.78. The number of anilines is 2. The number of sulfonamides is 1. The number of halogens is 2. The highest BCUT2D eigenvalue weighted by atomic mass is 35.5. The Hall–Kier alpha value is -3.55. The minimum absolute atomic E-state index is 0.0855. The maximum Gasteiger partial charge on any atom is 0.319 e. The molecule has 3 aromatic carbocycles. The lowest BCUT2D eigenvalue weighted by Crippen LogP contribution is -2.32. The Bertz CT molecular complexity index is 1770. The first-order chi connectivity index (χ1) is 26.6. The van der Waals surface area contributed by atoms with Crippen LogP contribution in [0.5, 0.6) is 0 Å². The lowest BCUT2D eigenvalue weighted by molar-refractivity contribution is 0.0510. The second kappa shape index (κ2) is 23.5. The molecule has 0 aliphatic carbocycles. The standard InChI is InChI=1S/C37H51Cl2N7O8S/c1-40-10-14-51-18-19-52-15-11-41-36(47)44-29-6-8-30(9-7-29)45-37(48)42-12-16-53-20-21-54-17-13-43-55(49,50)31-5-3-4-27(22-31)33-25-46(2)26-34-32(33)23-28(38)24-35(34)39/h3-9,22-24,33,40,43H,10-21,25-26H2,1-2H3,(H2,41,44,47)(H2,42,45,48)/t33-/m0/s1. The van der Waals surface area contributed by atoms with Crippen molar-refractivity contribution in [3.05, 3.63) is 87.4 Å². The Kier molecular flexibility index (Phi) is 18.9. The summed E-state index contributed by atoms with van der Waals surface area (Å²) in [6, 6.07) is 16.4. The Balaban J connectivity index is 1.04. The van der Waals surface area contributed by atoms with Crippen molar-refractivity contribution in [3.63, 3.8) is 0 Å². The van der Waals surface area contributed by atoms with E-state index in [0.29, 0.717) is 67.5 Å². The summed E-state index contributed by atoms with van der Waals surface area (Å²) in [5.41, 5.74) is 3.96. The fraction of sp³-hybridized carbons (Fsp3) is 0.459. The molecule has 302 valence electrons. The van der Waals surface area contributed by atoms with E-state index in [2.05, 4.69) is 36.2 Å². The van der Waals surface area contributed by atoms with Gasteiger partial charge in [0.25, 0.3) is 0 Å². The van der Waals surface area contributed by atoms with Crippen molar-refractivity contribution >= 4 is 56.7 Å². The average Bonchev–Trinajstić information content (AvgIpc) is 3.15. The van der Waals surface area contributed by atoms with Crippen LogP contribution in [0.15, 0.2) is 65.6 Å². The Labute approximate surface area is 333 Å². The van der Waals surface area contributed by atoms with Gasteiger partial charge in [-0.25, -0.2) is 22.7 Å². The zero-order valence-electron chi connectivity index (χ0n) is 31.1. The summed E-state index contributed by atoms with van der Waals surface area (Å²) in [6.07, 6.45) is 0. The molecule has 18 heteroatoms. The van der Waals surface area contributed by atoms with Gasteiger partial charge >= 0.3 is 12.1 Å². The topological polar surface area (TPSA) is 181 Å². The maximum absolute atomic E-state index is 13.1. The molecule has 1 aliphatic rings. The highest BCUT2D eigenvalue weighted by Gasteiger charge is 2.28. The first-order valence-corrected chi connectivity index (χ1v) is 20.2. The fourth-order valence-corrected chi connectivity index (χ4v) is 7.28. The van der Waals surface area contributed by atoms with Crippen LogP contribution in [0.2, 0.25) is 10.0 Å². The third-order valence-corrected chi connectivity index (χ3v) is 10.3. The largest absolute Gasteiger partial charge is 0.378 e. The van der Waals surface area contributed by atoms with Crippen LogP contribution in [-0.2, 0) is 35.5 Å². The van der Waals surface area contributed by atoms with Crippen LogP contribution in [0.3, 0.4) is 0 Å². The van der Waals surface area contributed by atoms with Crippen LogP contribution in [0.4, 0.5) is 21.0 Å². The Morgan fingerprint density at radius 2 is 1.29 bits per heavy atom. The molecule has 1 atom stereocenters.